The predicted molar refractivity (Wildman–Crippen MR) is 49.6 cm³/mol. The molecule has 1 aromatic heterocycles. The number of fused-ring (bicyclic) bond motifs is 1. The molecule has 1 aliphatic rings. The van der Waals surface area contributed by atoms with E-state index in [1.807, 2.05) is 0 Å². The van der Waals surface area contributed by atoms with Crippen LogP contribution in [-0.4, -0.2) is 4.98 Å². The van der Waals surface area contributed by atoms with Gasteiger partial charge in [0.2, 0.25) is 0 Å². The maximum atomic E-state index is 13.2. The highest BCUT2D eigenvalue weighted by atomic mass is 79.9. The lowest BCUT2D eigenvalue weighted by atomic mass is 10.1. The Morgan fingerprint density at radius 1 is 1.42 bits per heavy atom. The van der Waals surface area contributed by atoms with Gasteiger partial charge in [-0.05, 0) is 18.6 Å². The molecule has 1 aliphatic carbocycles. The molecule has 1 aromatic rings. The quantitative estimate of drug-likeness (QED) is 0.655. The van der Waals surface area contributed by atoms with Crippen LogP contribution < -0.4 is 10.6 Å². The van der Waals surface area contributed by atoms with Crippen molar-refractivity contribution in [2.75, 3.05) is 0 Å². The summed E-state index contributed by atoms with van der Waals surface area (Å²) in [5.41, 5.74) is 0. The van der Waals surface area contributed by atoms with Gasteiger partial charge in [-0.2, -0.15) is 0 Å². The average molecular weight is 228 g/mol. The van der Waals surface area contributed by atoms with Crippen molar-refractivity contribution < 1.29 is 4.39 Å². The number of rotatable bonds is 0. The molecule has 0 bridgehead atoms. The largest absolute Gasteiger partial charge is 0.255 e. The summed E-state index contributed by atoms with van der Waals surface area (Å²) in [5.74, 6) is -0.0544. The van der Waals surface area contributed by atoms with Crippen molar-refractivity contribution in [2.45, 2.75) is 12.8 Å². The van der Waals surface area contributed by atoms with Crippen LogP contribution in [0.15, 0.2) is 18.3 Å². The third kappa shape index (κ3) is 1.18. The second-order valence-electron chi connectivity index (χ2n) is 2.71. The fraction of sp³-hybridized carbons (Fsp3) is 0.222. The molecule has 3 heteroatoms. The van der Waals surface area contributed by atoms with Crippen LogP contribution in [-0.2, 0) is 0 Å². The molecular weight excluding hydrogens is 221 g/mol. The normalized spacial score (nSPS) is 16.2. The van der Waals surface area contributed by atoms with Gasteiger partial charge in [0, 0.05) is 22.3 Å². The van der Waals surface area contributed by atoms with E-state index >= 15 is 0 Å². The van der Waals surface area contributed by atoms with Crippen molar-refractivity contribution >= 4 is 26.2 Å². The monoisotopic (exact) mass is 227 g/mol. The molecule has 0 amide bonds. The summed E-state index contributed by atoms with van der Waals surface area (Å²) in [6, 6.07) is 3.52. The molecule has 0 N–H and O–H groups in total. The molecule has 0 fully saturated rings. The molecule has 0 saturated carbocycles. The minimum absolute atomic E-state index is 0.0544. The van der Waals surface area contributed by atoms with E-state index < -0.39 is 0 Å². The zero-order valence-corrected chi connectivity index (χ0v) is 7.94. The number of nitrogens with zero attached hydrogens (tertiary/aromatic N) is 1. The van der Waals surface area contributed by atoms with E-state index in [1.165, 1.54) is 0 Å². The summed E-state index contributed by atoms with van der Waals surface area (Å²) < 4.78 is 14.2. The number of halogens is 2. The predicted octanol–water partition coefficient (Wildman–Crippen LogP) is 1.46. The van der Waals surface area contributed by atoms with Crippen molar-refractivity contribution in [1.82, 2.24) is 4.98 Å². The lowest BCUT2D eigenvalue weighted by molar-refractivity contribution is 0.693. The molecule has 2 rings (SSSR count). The van der Waals surface area contributed by atoms with Gasteiger partial charge in [-0.15, -0.1) is 0 Å². The summed E-state index contributed by atoms with van der Waals surface area (Å²) in [4.78, 5) is 4.11. The fourth-order valence-electron chi connectivity index (χ4n) is 1.31. The Hall–Kier alpha value is -0.700. The Bertz CT molecular complexity index is 383. The summed E-state index contributed by atoms with van der Waals surface area (Å²) in [6.07, 6.45) is 2.88. The van der Waals surface area contributed by atoms with Crippen LogP contribution in [0.2, 0.25) is 0 Å². The molecule has 0 saturated heterocycles. The molecule has 0 atom stereocenters. The smallest absolute Gasteiger partial charge is 0.110 e. The molecule has 1 heterocycles. The van der Waals surface area contributed by atoms with Gasteiger partial charge in [0.1, 0.15) is 5.83 Å². The van der Waals surface area contributed by atoms with Gasteiger partial charge >= 0.3 is 0 Å². The van der Waals surface area contributed by atoms with E-state index in [1.54, 1.807) is 18.3 Å². The van der Waals surface area contributed by atoms with E-state index in [2.05, 4.69) is 20.9 Å². The Morgan fingerprint density at radius 2 is 2.25 bits per heavy atom. The Kier molecular flexibility index (Phi) is 1.97. The van der Waals surface area contributed by atoms with E-state index in [0.29, 0.717) is 11.6 Å². The van der Waals surface area contributed by atoms with Crippen LogP contribution in [0.3, 0.4) is 0 Å². The highest BCUT2D eigenvalue weighted by Gasteiger charge is 2.08. The summed E-state index contributed by atoms with van der Waals surface area (Å²) >= 11 is 3.39. The number of aromatic nitrogens is 1. The molecule has 12 heavy (non-hydrogen) atoms. The van der Waals surface area contributed by atoms with Gasteiger partial charge in [0.15, 0.2) is 0 Å². The van der Waals surface area contributed by atoms with E-state index in [4.69, 9.17) is 0 Å². The van der Waals surface area contributed by atoms with Crippen LogP contribution in [0.4, 0.5) is 4.39 Å². The topological polar surface area (TPSA) is 12.9 Å². The molecule has 0 radical (unpaired) electrons. The number of pyridine rings is 1. The average Bonchev–Trinajstić information content (AvgIpc) is 2.12. The van der Waals surface area contributed by atoms with Gasteiger partial charge < -0.3 is 0 Å². The van der Waals surface area contributed by atoms with E-state index in [-0.39, 0.29) is 5.83 Å². The first-order valence-electron chi connectivity index (χ1n) is 3.77. The minimum Gasteiger partial charge on any atom is -0.255 e. The first kappa shape index (κ1) is 7.92. The Labute approximate surface area is 77.8 Å². The van der Waals surface area contributed by atoms with Gasteiger partial charge in [-0.1, -0.05) is 15.9 Å². The standard InChI is InChI=1S/C9H7BrFN/c10-7-3-4-8(11)6-2-1-5-12-9(6)7/h1-2,5H,3-4H2. The van der Waals surface area contributed by atoms with Crippen molar-refractivity contribution in [3.63, 3.8) is 0 Å². The zero-order valence-electron chi connectivity index (χ0n) is 6.35. The maximum absolute atomic E-state index is 13.2. The second-order valence-corrected chi connectivity index (χ2v) is 3.67. The van der Waals surface area contributed by atoms with E-state index in [0.717, 1.165) is 16.3 Å². The minimum atomic E-state index is -0.0544. The van der Waals surface area contributed by atoms with Crippen molar-refractivity contribution in [1.29, 1.82) is 0 Å². The van der Waals surface area contributed by atoms with Crippen LogP contribution >= 0.6 is 15.9 Å². The SMILES string of the molecule is FC1=c2cccnc2=C(Br)CC1. The Balaban J connectivity index is 2.95. The first-order chi connectivity index (χ1) is 5.79. The molecule has 0 spiro atoms. The number of hydrogen-bond acceptors (Lipinski definition) is 1. The second kappa shape index (κ2) is 2.98. The summed E-state index contributed by atoms with van der Waals surface area (Å²) in [6.45, 7) is 0. The molecule has 0 aromatic carbocycles. The van der Waals surface area contributed by atoms with Gasteiger partial charge in [0.25, 0.3) is 0 Å². The highest BCUT2D eigenvalue weighted by molar-refractivity contribution is 9.14. The van der Waals surface area contributed by atoms with Gasteiger partial charge in [-0.25, -0.2) is 4.39 Å². The lowest BCUT2D eigenvalue weighted by Gasteiger charge is -2.05. The molecule has 0 aliphatic heterocycles. The van der Waals surface area contributed by atoms with Crippen molar-refractivity contribution in [2.24, 2.45) is 0 Å². The van der Waals surface area contributed by atoms with Gasteiger partial charge in [-0.3, -0.25) is 4.98 Å². The maximum Gasteiger partial charge on any atom is 0.110 e. The van der Waals surface area contributed by atoms with Crippen molar-refractivity contribution in [3.05, 3.63) is 28.9 Å². The highest BCUT2D eigenvalue weighted by Crippen LogP contribution is 2.18. The molecular formula is C9H7BrFN. The molecule has 1 nitrogen and oxygen atoms in total. The van der Waals surface area contributed by atoms with Crippen LogP contribution in [0.5, 0.6) is 0 Å². The van der Waals surface area contributed by atoms with Gasteiger partial charge in [0.05, 0.1) is 5.35 Å². The third-order valence-corrected chi connectivity index (χ3v) is 2.69. The number of hydrogen-bond donors (Lipinski definition) is 0. The fourth-order valence-corrected chi connectivity index (χ4v) is 1.83. The molecule has 62 valence electrons. The summed E-state index contributed by atoms with van der Waals surface area (Å²) in [7, 11) is 0. The van der Waals surface area contributed by atoms with E-state index in [9.17, 15) is 4.39 Å². The zero-order chi connectivity index (χ0) is 8.55. The first-order valence-corrected chi connectivity index (χ1v) is 4.57. The van der Waals surface area contributed by atoms with Crippen LogP contribution in [0.25, 0.3) is 10.3 Å². The van der Waals surface area contributed by atoms with Crippen LogP contribution in [0, 0.1) is 0 Å². The third-order valence-electron chi connectivity index (χ3n) is 1.92. The molecule has 0 unspecified atom stereocenters. The Morgan fingerprint density at radius 3 is 3.00 bits per heavy atom. The lowest BCUT2D eigenvalue weighted by Crippen LogP contribution is -2.32. The summed E-state index contributed by atoms with van der Waals surface area (Å²) in [5, 5.41) is 1.39. The van der Waals surface area contributed by atoms with Crippen molar-refractivity contribution in [3.8, 4) is 0 Å². The van der Waals surface area contributed by atoms with Crippen LogP contribution in [0.1, 0.15) is 12.8 Å².